The molecule has 26 heavy (non-hydrogen) atoms. The number of aromatic nitrogens is 4. The van der Waals surface area contributed by atoms with Crippen LogP contribution in [0, 0.1) is 0 Å². The van der Waals surface area contributed by atoms with Crippen molar-refractivity contribution in [1.29, 1.82) is 0 Å². The number of hydrogen-bond donors (Lipinski definition) is 2. The van der Waals surface area contributed by atoms with E-state index in [1.165, 1.54) is 0 Å². The van der Waals surface area contributed by atoms with Crippen molar-refractivity contribution in [3.05, 3.63) is 40.7 Å². The maximum Gasteiger partial charge on any atom is 0.341 e. The number of methoxy groups -OCH3 is 1. The Labute approximate surface area is 149 Å². The molecule has 1 aliphatic carbocycles. The molecule has 1 amide bonds. The smallest absolute Gasteiger partial charge is 0.341 e. The first-order chi connectivity index (χ1) is 12.6. The Hall–Kier alpha value is -2.68. The van der Waals surface area contributed by atoms with Crippen LogP contribution in [0.3, 0.4) is 0 Å². The number of rotatable bonds is 4. The van der Waals surface area contributed by atoms with Gasteiger partial charge in [0.05, 0.1) is 11.6 Å². The largest absolute Gasteiger partial charge is 0.474 e. The molecule has 2 fully saturated rings. The highest BCUT2D eigenvalue weighted by Gasteiger charge is 2.53. The number of hydrogen-bond acceptors (Lipinski definition) is 6. The van der Waals surface area contributed by atoms with E-state index < -0.39 is 5.69 Å². The zero-order valence-corrected chi connectivity index (χ0v) is 14.5. The van der Waals surface area contributed by atoms with Crippen molar-refractivity contribution in [3.63, 3.8) is 0 Å². The summed E-state index contributed by atoms with van der Waals surface area (Å²) in [6.07, 6.45) is 4.67. The van der Waals surface area contributed by atoms with Gasteiger partial charge in [-0.3, -0.25) is 9.78 Å². The van der Waals surface area contributed by atoms with E-state index in [4.69, 9.17) is 9.47 Å². The molecule has 0 bridgehead atoms. The van der Waals surface area contributed by atoms with Crippen molar-refractivity contribution in [3.8, 4) is 5.88 Å². The van der Waals surface area contributed by atoms with Crippen LogP contribution in [0.1, 0.15) is 36.3 Å². The van der Waals surface area contributed by atoms with Crippen molar-refractivity contribution in [2.45, 2.75) is 43.4 Å². The molecule has 0 radical (unpaired) electrons. The molecule has 9 nitrogen and oxygen atoms in total. The Morgan fingerprint density at radius 2 is 2.27 bits per heavy atom. The summed E-state index contributed by atoms with van der Waals surface area (Å²) >= 11 is 0. The molecule has 3 heterocycles. The maximum atomic E-state index is 12.8. The molecular weight excluding hydrogens is 338 g/mol. The molecule has 0 aromatic carbocycles. The van der Waals surface area contributed by atoms with Gasteiger partial charge >= 0.3 is 5.69 Å². The van der Waals surface area contributed by atoms with E-state index in [1.807, 2.05) is 18.2 Å². The van der Waals surface area contributed by atoms with Crippen LogP contribution in [0.5, 0.6) is 5.88 Å². The number of carbonyl (C=O) groups is 1. The SMILES string of the molecule is CO[C@@]12CCC(Oc3ccccn3)CC1N(C(=O)c1n[nH]c(=O)[nH]1)CC2. The quantitative estimate of drug-likeness (QED) is 0.832. The second-order valence-corrected chi connectivity index (χ2v) is 6.74. The number of aromatic amines is 2. The molecule has 2 unspecified atom stereocenters. The van der Waals surface area contributed by atoms with E-state index in [-0.39, 0.29) is 29.5 Å². The normalized spacial score (nSPS) is 28.0. The van der Waals surface area contributed by atoms with Gasteiger partial charge in [-0.2, -0.15) is 0 Å². The number of likely N-dealkylation sites (tertiary alicyclic amines) is 1. The summed E-state index contributed by atoms with van der Waals surface area (Å²) < 4.78 is 11.9. The molecule has 1 saturated carbocycles. The van der Waals surface area contributed by atoms with E-state index >= 15 is 0 Å². The molecule has 138 valence electrons. The number of amides is 1. The van der Waals surface area contributed by atoms with Crippen LogP contribution in [0.4, 0.5) is 0 Å². The van der Waals surface area contributed by atoms with Gasteiger partial charge in [0.1, 0.15) is 6.10 Å². The second kappa shape index (κ2) is 6.56. The average molecular weight is 359 g/mol. The number of carbonyl (C=O) groups excluding carboxylic acids is 1. The Balaban J connectivity index is 1.54. The molecular formula is C17H21N5O4. The first kappa shape index (κ1) is 16.8. The van der Waals surface area contributed by atoms with Crippen LogP contribution in [0.25, 0.3) is 0 Å². The third-order valence-corrected chi connectivity index (χ3v) is 5.43. The molecule has 1 aliphatic heterocycles. The molecule has 2 aliphatic rings. The fourth-order valence-corrected chi connectivity index (χ4v) is 4.11. The minimum Gasteiger partial charge on any atom is -0.474 e. The summed E-state index contributed by atoms with van der Waals surface area (Å²) in [7, 11) is 1.69. The van der Waals surface area contributed by atoms with Gasteiger partial charge in [0.2, 0.25) is 11.7 Å². The molecule has 2 aromatic rings. The average Bonchev–Trinajstić information content (AvgIpc) is 3.26. The molecule has 4 rings (SSSR count). The Bertz CT molecular complexity index is 835. The summed E-state index contributed by atoms with van der Waals surface area (Å²) in [5, 5.41) is 6.00. The molecule has 0 spiro atoms. The van der Waals surface area contributed by atoms with Crippen LogP contribution in [-0.2, 0) is 4.74 Å². The first-order valence-corrected chi connectivity index (χ1v) is 8.70. The molecule has 3 atom stereocenters. The van der Waals surface area contributed by atoms with Crippen molar-refractivity contribution in [1.82, 2.24) is 25.1 Å². The van der Waals surface area contributed by atoms with E-state index in [1.54, 1.807) is 18.2 Å². The van der Waals surface area contributed by atoms with Crippen molar-refractivity contribution < 1.29 is 14.3 Å². The number of pyridine rings is 1. The molecule has 2 aromatic heterocycles. The second-order valence-electron chi connectivity index (χ2n) is 6.74. The van der Waals surface area contributed by atoms with Gasteiger partial charge in [-0.25, -0.2) is 14.9 Å². The lowest BCUT2D eigenvalue weighted by Crippen LogP contribution is -2.53. The monoisotopic (exact) mass is 359 g/mol. The lowest BCUT2D eigenvalue weighted by atomic mass is 9.79. The Kier molecular flexibility index (Phi) is 4.23. The van der Waals surface area contributed by atoms with E-state index in [0.717, 1.165) is 19.3 Å². The van der Waals surface area contributed by atoms with Gasteiger partial charge in [0.15, 0.2) is 0 Å². The maximum absolute atomic E-state index is 12.8. The Morgan fingerprint density at radius 1 is 1.38 bits per heavy atom. The summed E-state index contributed by atoms with van der Waals surface area (Å²) in [6.45, 7) is 0.558. The van der Waals surface area contributed by atoms with Gasteiger partial charge < -0.3 is 14.4 Å². The third-order valence-electron chi connectivity index (χ3n) is 5.43. The minimum absolute atomic E-state index is 0.0228. The van der Waals surface area contributed by atoms with Crippen LogP contribution in [-0.4, -0.2) is 62.4 Å². The fourth-order valence-electron chi connectivity index (χ4n) is 4.11. The lowest BCUT2D eigenvalue weighted by Gasteiger charge is -2.43. The summed E-state index contributed by atoms with van der Waals surface area (Å²) in [6, 6.07) is 5.41. The highest BCUT2D eigenvalue weighted by atomic mass is 16.5. The van der Waals surface area contributed by atoms with Crippen molar-refractivity contribution in [2.24, 2.45) is 0 Å². The number of fused-ring (bicyclic) bond motifs is 1. The van der Waals surface area contributed by atoms with Crippen LogP contribution in [0.15, 0.2) is 29.2 Å². The van der Waals surface area contributed by atoms with Crippen molar-refractivity contribution in [2.75, 3.05) is 13.7 Å². The van der Waals surface area contributed by atoms with Crippen LogP contribution in [0.2, 0.25) is 0 Å². The van der Waals surface area contributed by atoms with Crippen molar-refractivity contribution >= 4 is 5.91 Å². The first-order valence-electron chi connectivity index (χ1n) is 8.70. The van der Waals surface area contributed by atoms with Gasteiger partial charge in [-0.15, -0.1) is 5.10 Å². The molecule has 1 saturated heterocycles. The Morgan fingerprint density at radius 3 is 2.96 bits per heavy atom. The van der Waals surface area contributed by atoms with E-state index in [0.29, 0.717) is 18.8 Å². The summed E-state index contributed by atoms with van der Waals surface area (Å²) in [5.74, 6) is 0.301. The lowest BCUT2D eigenvalue weighted by molar-refractivity contribution is -0.0789. The molecule has 2 N–H and O–H groups in total. The standard InChI is InChI=1S/C17H21N5O4/c1-25-17-6-5-11(26-13-4-2-3-8-18-13)10-12(17)22(9-7-17)15(23)14-19-16(24)21-20-14/h2-4,8,11-12H,5-7,9-10H2,1H3,(H2,19,20,21,24)/t11?,12?,17-/m1/s1. The van der Waals surface area contributed by atoms with Gasteiger partial charge in [0.25, 0.3) is 5.91 Å². The van der Waals surface area contributed by atoms with E-state index in [9.17, 15) is 9.59 Å². The van der Waals surface area contributed by atoms with E-state index in [2.05, 4.69) is 20.2 Å². The predicted octanol–water partition coefficient (Wildman–Crippen LogP) is 0.724. The van der Waals surface area contributed by atoms with Crippen LogP contribution >= 0.6 is 0 Å². The minimum atomic E-state index is -0.495. The third kappa shape index (κ3) is 2.88. The zero-order valence-electron chi connectivity index (χ0n) is 14.5. The number of ether oxygens (including phenoxy) is 2. The number of nitrogens with zero attached hydrogens (tertiary/aromatic N) is 3. The topological polar surface area (TPSA) is 113 Å². The zero-order chi connectivity index (χ0) is 18.1. The van der Waals surface area contributed by atoms with Gasteiger partial charge in [-0.1, -0.05) is 6.07 Å². The number of H-pyrrole nitrogens is 2. The summed E-state index contributed by atoms with van der Waals surface area (Å²) in [5.41, 5.74) is -0.874. The predicted molar refractivity (Wildman–Crippen MR) is 90.9 cm³/mol. The van der Waals surface area contributed by atoms with Crippen LogP contribution < -0.4 is 10.4 Å². The van der Waals surface area contributed by atoms with Gasteiger partial charge in [-0.05, 0) is 25.3 Å². The summed E-state index contributed by atoms with van der Waals surface area (Å²) in [4.78, 5) is 32.5. The number of nitrogens with one attached hydrogen (secondary N) is 2. The van der Waals surface area contributed by atoms with Gasteiger partial charge in [0, 0.05) is 32.3 Å². The fraction of sp³-hybridized carbons (Fsp3) is 0.529. The highest BCUT2D eigenvalue weighted by molar-refractivity contribution is 5.91. The highest BCUT2D eigenvalue weighted by Crippen LogP contribution is 2.43. The molecule has 9 heteroatoms.